The van der Waals surface area contributed by atoms with E-state index in [9.17, 15) is 0 Å². The molecular weight excluding hydrogens is 184 g/mol. The van der Waals surface area contributed by atoms with Crippen molar-refractivity contribution >= 4 is 0 Å². The van der Waals surface area contributed by atoms with Crippen molar-refractivity contribution in [3.05, 3.63) is 35.9 Å². The van der Waals surface area contributed by atoms with Gasteiger partial charge >= 0.3 is 0 Å². The van der Waals surface area contributed by atoms with E-state index < -0.39 is 0 Å². The summed E-state index contributed by atoms with van der Waals surface area (Å²) in [4.78, 5) is 4.88. The van der Waals surface area contributed by atoms with Crippen LogP contribution in [0, 0.1) is 0 Å². The second-order valence-corrected chi connectivity index (χ2v) is 4.63. The molecule has 2 nitrogen and oxygen atoms in total. The van der Waals surface area contributed by atoms with Gasteiger partial charge in [0.1, 0.15) is 0 Å². The zero-order valence-corrected chi connectivity index (χ0v) is 9.69. The number of benzene rings is 1. The minimum Gasteiger partial charge on any atom is -0.305 e. The van der Waals surface area contributed by atoms with E-state index in [0.717, 1.165) is 12.6 Å². The molecule has 1 aromatic carbocycles. The van der Waals surface area contributed by atoms with Gasteiger partial charge in [-0.2, -0.15) is 0 Å². The van der Waals surface area contributed by atoms with Crippen molar-refractivity contribution in [2.24, 2.45) is 0 Å². The topological polar surface area (TPSA) is 6.48 Å². The minimum atomic E-state index is 0.744. The van der Waals surface area contributed by atoms with Crippen molar-refractivity contribution < 1.29 is 0 Å². The lowest BCUT2D eigenvalue weighted by Crippen LogP contribution is -2.31. The van der Waals surface area contributed by atoms with Crippen LogP contribution in [-0.4, -0.2) is 43.0 Å². The molecule has 1 atom stereocenters. The molecule has 1 unspecified atom stereocenters. The molecule has 1 aliphatic heterocycles. The fourth-order valence-electron chi connectivity index (χ4n) is 2.22. The lowest BCUT2D eigenvalue weighted by molar-refractivity contribution is 0.264. The summed E-state index contributed by atoms with van der Waals surface area (Å²) in [5, 5.41) is 0. The average molecular weight is 204 g/mol. The molecule has 0 N–H and O–H groups in total. The Balaban J connectivity index is 1.88. The predicted octanol–water partition coefficient (Wildman–Crippen LogP) is 1.82. The highest BCUT2D eigenvalue weighted by molar-refractivity contribution is 5.14. The molecule has 0 aliphatic carbocycles. The van der Waals surface area contributed by atoms with Crippen LogP contribution < -0.4 is 0 Å². The van der Waals surface area contributed by atoms with E-state index in [1.807, 2.05) is 0 Å². The Morgan fingerprint density at radius 2 is 2.00 bits per heavy atom. The van der Waals surface area contributed by atoms with Crippen LogP contribution in [0.2, 0.25) is 0 Å². The third kappa shape index (κ3) is 2.80. The summed E-state index contributed by atoms with van der Waals surface area (Å²) in [6, 6.07) is 11.5. The Morgan fingerprint density at radius 1 is 1.27 bits per heavy atom. The molecule has 0 saturated carbocycles. The van der Waals surface area contributed by atoms with Crippen molar-refractivity contribution in [2.45, 2.75) is 19.0 Å². The number of hydrogen-bond donors (Lipinski definition) is 0. The van der Waals surface area contributed by atoms with E-state index in [1.165, 1.54) is 25.1 Å². The highest BCUT2D eigenvalue weighted by Crippen LogP contribution is 2.15. The Kier molecular flexibility index (Phi) is 3.39. The monoisotopic (exact) mass is 204 g/mol. The first-order valence-electron chi connectivity index (χ1n) is 5.68. The summed E-state index contributed by atoms with van der Waals surface area (Å²) in [7, 11) is 4.35. The van der Waals surface area contributed by atoms with Gasteiger partial charge in [0.15, 0.2) is 0 Å². The fourth-order valence-corrected chi connectivity index (χ4v) is 2.22. The molecule has 2 heteroatoms. The Hall–Kier alpha value is -0.860. The quantitative estimate of drug-likeness (QED) is 0.741. The summed E-state index contributed by atoms with van der Waals surface area (Å²) in [6.45, 7) is 3.55. The SMILES string of the molecule is CN(C)C1CCN(Cc2ccccc2)C1. The molecule has 15 heavy (non-hydrogen) atoms. The number of likely N-dealkylation sites (tertiary alicyclic amines) is 1. The molecule has 0 bridgehead atoms. The summed E-state index contributed by atoms with van der Waals surface area (Å²) < 4.78 is 0. The second-order valence-electron chi connectivity index (χ2n) is 4.63. The number of nitrogens with zero attached hydrogens (tertiary/aromatic N) is 2. The van der Waals surface area contributed by atoms with Crippen LogP contribution in [0.1, 0.15) is 12.0 Å². The van der Waals surface area contributed by atoms with Crippen LogP contribution in [0.25, 0.3) is 0 Å². The average Bonchev–Trinajstić information content (AvgIpc) is 2.68. The largest absolute Gasteiger partial charge is 0.305 e. The van der Waals surface area contributed by atoms with Gasteiger partial charge in [0.2, 0.25) is 0 Å². The van der Waals surface area contributed by atoms with E-state index in [1.54, 1.807) is 0 Å². The van der Waals surface area contributed by atoms with Gasteiger partial charge in [-0.25, -0.2) is 0 Å². The molecule has 2 rings (SSSR count). The summed E-state index contributed by atoms with van der Waals surface area (Å²) in [5.41, 5.74) is 1.43. The second kappa shape index (κ2) is 4.77. The van der Waals surface area contributed by atoms with E-state index in [0.29, 0.717) is 0 Å². The number of rotatable bonds is 3. The van der Waals surface area contributed by atoms with Gasteiger partial charge in [0.05, 0.1) is 0 Å². The van der Waals surface area contributed by atoms with E-state index in [2.05, 4.69) is 54.2 Å². The van der Waals surface area contributed by atoms with Gasteiger partial charge in [0.25, 0.3) is 0 Å². The van der Waals surface area contributed by atoms with Gasteiger partial charge in [0, 0.05) is 25.7 Å². The van der Waals surface area contributed by atoms with Crippen molar-refractivity contribution in [1.29, 1.82) is 0 Å². The molecule has 1 aromatic rings. The maximum absolute atomic E-state index is 2.54. The third-order valence-corrected chi connectivity index (χ3v) is 3.23. The van der Waals surface area contributed by atoms with Crippen molar-refractivity contribution in [3.8, 4) is 0 Å². The van der Waals surface area contributed by atoms with Crippen molar-refractivity contribution in [2.75, 3.05) is 27.2 Å². The van der Waals surface area contributed by atoms with Crippen LogP contribution in [0.4, 0.5) is 0 Å². The summed E-state index contributed by atoms with van der Waals surface area (Å²) in [6.07, 6.45) is 1.31. The first kappa shape index (κ1) is 10.7. The number of hydrogen-bond acceptors (Lipinski definition) is 2. The van der Waals surface area contributed by atoms with E-state index in [-0.39, 0.29) is 0 Å². The van der Waals surface area contributed by atoms with Gasteiger partial charge in [-0.15, -0.1) is 0 Å². The smallest absolute Gasteiger partial charge is 0.0234 e. The molecule has 0 amide bonds. The molecule has 82 valence electrons. The molecule has 0 radical (unpaired) electrons. The molecular formula is C13H20N2. The minimum absolute atomic E-state index is 0.744. The zero-order valence-electron chi connectivity index (χ0n) is 9.69. The summed E-state index contributed by atoms with van der Waals surface area (Å²) >= 11 is 0. The zero-order chi connectivity index (χ0) is 10.7. The highest BCUT2D eigenvalue weighted by Gasteiger charge is 2.23. The molecule has 0 spiro atoms. The summed E-state index contributed by atoms with van der Waals surface area (Å²) in [5.74, 6) is 0. The molecule has 1 heterocycles. The Labute approximate surface area is 92.5 Å². The lowest BCUT2D eigenvalue weighted by Gasteiger charge is -2.20. The van der Waals surface area contributed by atoms with E-state index >= 15 is 0 Å². The highest BCUT2D eigenvalue weighted by atomic mass is 15.2. The third-order valence-electron chi connectivity index (χ3n) is 3.23. The van der Waals surface area contributed by atoms with Crippen molar-refractivity contribution in [3.63, 3.8) is 0 Å². The first-order valence-corrected chi connectivity index (χ1v) is 5.68. The molecule has 1 saturated heterocycles. The fraction of sp³-hybridized carbons (Fsp3) is 0.538. The first-order chi connectivity index (χ1) is 7.25. The maximum atomic E-state index is 2.54. The molecule has 1 fully saturated rings. The predicted molar refractivity (Wildman–Crippen MR) is 63.8 cm³/mol. The number of likely N-dealkylation sites (N-methyl/N-ethyl adjacent to an activating group) is 1. The normalized spacial score (nSPS) is 22.5. The van der Waals surface area contributed by atoms with E-state index in [4.69, 9.17) is 0 Å². The Morgan fingerprint density at radius 3 is 2.60 bits per heavy atom. The van der Waals surface area contributed by atoms with Crippen LogP contribution in [0.15, 0.2) is 30.3 Å². The van der Waals surface area contributed by atoms with Crippen molar-refractivity contribution in [1.82, 2.24) is 9.80 Å². The standard InChI is InChI=1S/C13H20N2/c1-14(2)13-8-9-15(11-13)10-12-6-4-3-5-7-12/h3-7,13H,8-11H2,1-2H3. The van der Waals surface area contributed by atoms with Gasteiger partial charge in [-0.05, 0) is 26.1 Å². The molecule has 0 aromatic heterocycles. The van der Waals surface area contributed by atoms with Gasteiger partial charge in [-0.1, -0.05) is 30.3 Å². The van der Waals surface area contributed by atoms with Crippen LogP contribution >= 0.6 is 0 Å². The van der Waals surface area contributed by atoms with Gasteiger partial charge < -0.3 is 4.90 Å². The van der Waals surface area contributed by atoms with Gasteiger partial charge in [-0.3, -0.25) is 4.90 Å². The van der Waals surface area contributed by atoms with Crippen LogP contribution in [0.3, 0.4) is 0 Å². The molecule has 1 aliphatic rings. The maximum Gasteiger partial charge on any atom is 0.0234 e. The Bertz CT molecular complexity index is 295. The lowest BCUT2D eigenvalue weighted by atomic mass is 10.2. The van der Waals surface area contributed by atoms with Crippen LogP contribution in [-0.2, 0) is 6.54 Å². The van der Waals surface area contributed by atoms with Crippen LogP contribution in [0.5, 0.6) is 0 Å².